The Kier molecular flexibility index (Phi) is 3.82. The van der Waals surface area contributed by atoms with E-state index in [0.29, 0.717) is 10.8 Å². The summed E-state index contributed by atoms with van der Waals surface area (Å²) in [5.74, 6) is -0.126. The van der Waals surface area contributed by atoms with Crippen LogP contribution in [0.1, 0.15) is 29.3 Å². The normalized spacial score (nSPS) is 16.6. The molecule has 120 valence electrons. The molecule has 1 unspecified atom stereocenters. The molecule has 1 N–H and O–H groups in total. The molecule has 4 rings (SSSR count). The van der Waals surface area contributed by atoms with Crippen molar-refractivity contribution in [2.45, 2.75) is 18.9 Å². The van der Waals surface area contributed by atoms with Crippen LogP contribution in [0.5, 0.6) is 0 Å². The first-order valence-electron chi connectivity index (χ1n) is 7.91. The Morgan fingerprint density at radius 2 is 2.08 bits per heavy atom. The first-order chi connectivity index (χ1) is 11.7. The molecule has 2 aromatic heterocycles. The molecular weight excluding hydrogens is 322 g/mol. The van der Waals surface area contributed by atoms with Crippen LogP contribution in [-0.2, 0) is 11.2 Å². The summed E-state index contributed by atoms with van der Waals surface area (Å²) in [5, 5.41) is 3.45. The van der Waals surface area contributed by atoms with Gasteiger partial charge in [0, 0.05) is 12.3 Å². The van der Waals surface area contributed by atoms with Gasteiger partial charge < -0.3 is 5.32 Å². The number of benzene rings is 1. The zero-order valence-corrected chi connectivity index (χ0v) is 13.7. The number of hydrogen-bond donors (Lipinski definition) is 1. The van der Waals surface area contributed by atoms with Crippen LogP contribution in [0.2, 0.25) is 5.15 Å². The number of aromatic nitrogens is 2. The molecule has 1 aromatic carbocycles. The highest BCUT2D eigenvalue weighted by atomic mass is 35.5. The quantitative estimate of drug-likeness (QED) is 0.739. The molecule has 3 aromatic rings. The number of hydrogen-bond acceptors (Lipinski definition) is 2. The molecule has 1 aliphatic carbocycles. The second kappa shape index (κ2) is 6.13. The number of aryl methyl sites for hydroxylation is 1. The van der Waals surface area contributed by atoms with E-state index >= 15 is 0 Å². The van der Waals surface area contributed by atoms with Gasteiger partial charge in [0.2, 0.25) is 5.91 Å². The fourth-order valence-electron chi connectivity index (χ4n) is 3.22. The van der Waals surface area contributed by atoms with Crippen molar-refractivity contribution in [2.75, 3.05) is 0 Å². The number of nitrogens with zero attached hydrogens (tertiary/aromatic N) is 2. The summed E-state index contributed by atoms with van der Waals surface area (Å²) in [6.07, 6.45) is 7.04. The minimum Gasteiger partial charge on any atom is -0.346 e. The monoisotopic (exact) mass is 337 g/mol. The van der Waals surface area contributed by atoms with Gasteiger partial charge in [-0.1, -0.05) is 41.9 Å². The van der Waals surface area contributed by atoms with Gasteiger partial charge in [-0.25, -0.2) is 4.98 Å². The molecule has 4 nitrogen and oxygen atoms in total. The van der Waals surface area contributed by atoms with Crippen LogP contribution >= 0.6 is 11.6 Å². The average molecular weight is 338 g/mol. The van der Waals surface area contributed by atoms with E-state index in [1.54, 1.807) is 6.08 Å². The average Bonchev–Trinajstić information content (AvgIpc) is 3.14. The standard InChI is InChI=1S/C19H16ClN3O/c20-19-16(23-12-4-3-7-17(23)22-19)10-11-18(24)21-15-9-8-13-5-1-2-6-14(13)15/h1-7,10-12,15H,8-9H2,(H,21,24)/b11-10+. The molecule has 0 bridgehead atoms. The van der Waals surface area contributed by atoms with Crippen molar-refractivity contribution in [1.29, 1.82) is 0 Å². The van der Waals surface area contributed by atoms with Crippen molar-refractivity contribution < 1.29 is 4.79 Å². The van der Waals surface area contributed by atoms with E-state index in [4.69, 9.17) is 11.6 Å². The third kappa shape index (κ3) is 2.69. The number of imidazole rings is 1. The molecule has 0 fully saturated rings. The Morgan fingerprint density at radius 1 is 1.25 bits per heavy atom. The third-order valence-electron chi connectivity index (χ3n) is 4.36. The third-order valence-corrected chi connectivity index (χ3v) is 4.64. The summed E-state index contributed by atoms with van der Waals surface area (Å²) in [6, 6.07) is 14.0. The number of fused-ring (bicyclic) bond motifs is 2. The molecule has 2 heterocycles. The van der Waals surface area contributed by atoms with Gasteiger partial charge in [-0.2, -0.15) is 0 Å². The van der Waals surface area contributed by atoms with Gasteiger partial charge in [-0.15, -0.1) is 0 Å². The lowest BCUT2D eigenvalue weighted by Crippen LogP contribution is -2.25. The lowest BCUT2D eigenvalue weighted by molar-refractivity contribution is -0.117. The number of pyridine rings is 1. The van der Waals surface area contributed by atoms with E-state index in [0.717, 1.165) is 18.5 Å². The number of nitrogens with one attached hydrogen (secondary N) is 1. The van der Waals surface area contributed by atoms with E-state index in [9.17, 15) is 4.79 Å². The van der Waals surface area contributed by atoms with E-state index < -0.39 is 0 Å². The van der Waals surface area contributed by atoms with Crippen LogP contribution in [0.15, 0.2) is 54.7 Å². The van der Waals surface area contributed by atoms with Crippen molar-refractivity contribution in [3.63, 3.8) is 0 Å². The maximum absolute atomic E-state index is 12.3. The zero-order valence-electron chi connectivity index (χ0n) is 12.9. The summed E-state index contributed by atoms with van der Waals surface area (Å²) in [5.41, 5.74) is 3.99. The van der Waals surface area contributed by atoms with Crippen LogP contribution in [0.3, 0.4) is 0 Å². The van der Waals surface area contributed by atoms with E-state index in [1.165, 1.54) is 17.2 Å². The number of halogens is 1. The van der Waals surface area contributed by atoms with Crippen molar-refractivity contribution >= 4 is 29.2 Å². The highest BCUT2D eigenvalue weighted by molar-refractivity contribution is 6.31. The van der Waals surface area contributed by atoms with Gasteiger partial charge >= 0.3 is 0 Å². The van der Waals surface area contributed by atoms with E-state index in [1.807, 2.05) is 40.9 Å². The summed E-state index contributed by atoms with van der Waals surface area (Å²) in [4.78, 5) is 16.6. The van der Waals surface area contributed by atoms with Crippen molar-refractivity contribution in [3.8, 4) is 0 Å². The lowest BCUT2D eigenvalue weighted by atomic mass is 10.1. The SMILES string of the molecule is O=C(/C=C/c1c(Cl)nc2ccccn12)NC1CCc2ccccc21. The molecule has 0 spiro atoms. The fourth-order valence-corrected chi connectivity index (χ4v) is 3.46. The summed E-state index contributed by atoms with van der Waals surface area (Å²) >= 11 is 6.17. The molecule has 0 saturated carbocycles. The molecule has 0 aliphatic heterocycles. The van der Waals surface area contributed by atoms with Gasteiger partial charge in [0.25, 0.3) is 0 Å². The molecule has 0 saturated heterocycles. The van der Waals surface area contributed by atoms with Crippen molar-refractivity contribution in [2.24, 2.45) is 0 Å². The number of rotatable bonds is 3. The first-order valence-corrected chi connectivity index (χ1v) is 8.29. The Labute approximate surface area is 144 Å². The van der Waals surface area contributed by atoms with Crippen LogP contribution in [0.4, 0.5) is 0 Å². The Balaban J connectivity index is 1.52. The maximum atomic E-state index is 12.3. The zero-order chi connectivity index (χ0) is 16.5. The summed E-state index contributed by atoms with van der Waals surface area (Å²) in [6.45, 7) is 0. The minimum atomic E-state index is -0.126. The molecule has 24 heavy (non-hydrogen) atoms. The van der Waals surface area contributed by atoms with Crippen molar-refractivity contribution in [1.82, 2.24) is 14.7 Å². The predicted octanol–water partition coefficient (Wildman–Crippen LogP) is 3.80. The van der Waals surface area contributed by atoms with Gasteiger partial charge in [-0.05, 0) is 42.2 Å². The molecule has 5 heteroatoms. The number of amides is 1. The minimum absolute atomic E-state index is 0.0796. The van der Waals surface area contributed by atoms with Gasteiger partial charge in [-0.3, -0.25) is 9.20 Å². The fraction of sp³-hybridized carbons (Fsp3) is 0.158. The van der Waals surface area contributed by atoms with Gasteiger partial charge in [0.05, 0.1) is 11.7 Å². The molecule has 1 amide bonds. The molecule has 1 aliphatic rings. The predicted molar refractivity (Wildman–Crippen MR) is 94.9 cm³/mol. The summed E-state index contributed by atoms with van der Waals surface area (Å²) < 4.78 is 1.86. The van der Waals surface area contributed by atoms with Gasteiger partial charge in [0.1, 0.15) is 5.65 Å². The smallest absolute Gasteiger partial charge is 0.244 e. The Morgan fingerprint density at radius 3 is 3.00 bits per heavy atom. The molecule has 1 atom stereocenters. The largest absolute Gasteiger partial charge is 0.346 e. The second-order valence-electron chi connectivity index (χ2n) is 5.85. The van der Waals surface area contributed by atoms with Crippen LogP contribution < -0.4 is 5.32 Å². The van der Waals surface area contributed by atoms with E-state index in [2.05, 4.69) is 22.4 Å². The maximum Gasteiger partial charge on any atom is 0.244 e. The Bertz CT molecular complexity index is 945. The molecular formula is C19H16ClN3O. The second-order valence-corrected chi connectivity index (χ2v) is 6.21. The van der Waals surface area contributed by atoms with Crippen LogP contribution in [0, 0.1) is 0 Å². The summed E-state index contributed by atoms with van der Waals surface area (Å²) in [7, 11) is 0. The van der Waals surface area contributed by atoms with Crippen molar-refractivity contribution in [3.05, 3.63) is 76.7 Å². The highest BCUT2D eigenvalue weighted by Gasteiger charge is 2.22. The van der Waals surface area contributed by atoms with E-state index in [-0.39, 0.29) is 11.9 Å². The topological polar surface area (TPSA) is 46.4 Å². The van der Waals surface area contributed by atoms with Crippen LogP contribution in [0.25, 0.3) is 11.7 Å². The number of carbonyl (C=O) groups is 1. The number of carbonyl (C=O) groups excluding carboxylic acids is 1. The Hall–Kier alpha value is -2.59. The van der Waals surface area contributed by atoms with Gasteiger partial charge in [0.15, 0.2) is 5.15 Å². The van der Waals surface area contributed by atoms with Crippen LogP contribution in [-0.4, -0.2) is 15.3 Å². The lowest BCUT2D eigenvalue weighted by Gasteiger charge is -2.12. The first kappa shape index (κ1) is 15.0. The molecule has 0 radical (unpaired) electrons. The highest BCUT2D eigenvalue weighted by Crippen LogP contribution is 2.30.